The molecule has 0 spiro atoms. The molecular formula is C32H32FN3O. The van der Waals surface area contributed by atoms with Crippen molar-refractivity contribution in [2.24, 2.45) is 0 Å². The molecule has 1 aromatic heterocycles. The molecule has 0 radical (unpaired) electrons. The summed E-state index contributed by atoms with van der Waals surface area (Å²) in [6, 6.07) is 27.7. The minimum Gasteiger partial charge on any atom is -0.368 e. The largest absolute Gasteiger partial charge is 0.368 e. The van der Waals surface area contributed by atoms with Gasteiger partial charge in [0.25, 0.3) is 5.91 Å². The molecule has 1 fully saturated rings. The molecule has 0 unspecified atom stereocenters. The first-order chi connectivity index (χ1) is 18.2. The highest BCUT2D eigenvalue weighted by Crippen LogP contribution is 2.33. The number of rotatable bonds is 4. The Morgan fingerprint density at radius 2 is 1.38 bits per heavy atom. The van der Waals surface area contributed by atoms with Crippen molar-refractivity contribution < 1.29 is 9.18 Å². The molecule has 6 rings (SSSR count). The van der Waals surface area contributed by atoms with E-state index in [9.17, 15) is 9.18 Å². The molecule has 1 aliphatic carbocycles. The maximum absolute atomic E-state index is 13.3. The number of hydrogen-bond acceptors (Lipinski definition) is 2. The van der Waals surface area contributed by atoms with Crippen molar-refractivity contribution in [1.82, 2.24) is 9.47 Å². The smallest absolute Gasteiger partial charge is 0.253 e. The first-order valence-electron chi connectivity index (χ1n) is 13.4. The third-order valence-corrected chi connectivity index (χ3v) is 7.75. The topological polar surface area (TPSA) is 28.5 Å². The van der Waals surface area contributed by atoms with Gasteiger partial charge in [0, 0.05) is 48.8 Å². The van der Waals surface area contributed by atoms with Crippen LogP contribution in [-0.2, 0) is 12.8 Å². The molecule has 0 N–H and O–H groups in total. The van der Waals surface area contributed by atoms with Crippen molar-refractivity contribution in [2.75, 3.05) is 31.1 Å². The molecule has 2 heterocycles. The predicted octanol–water partition coefficient (Wildman–Crippen LogP) is 6.51. The van der Waals surface area contributed by atoms with Crippen molar-refractivity contribution in [3.8, 4) is 16.9 Å². The van der Waals surface area contributed by atoms with Gasteiger partial charge in [0.05, 0.1) is 5.69 Å². The average molecular weight is 494 g/mol. The minimum atomic E-state index is -0.229. The van der Waals surface area contributed by atoms with Crippen LogP contribution in [0.1, 0.15) is 40.9 Å². The standard InChI is InChI=1S/C32H32FN3O/c33-27-13-17-28(18-14-27)34-19-21-35(22-20-34)32(37)25-11-15-29(16-12-25)36-30-10-6-2-5-9-26(30)23-31(36)24-7-3-1-4-8-24/h1,3-4,7-8,11-18,23H,2,5-6,9-10,19-22H2. The number of carbonyl (C=O) groups is 1. The highest BCUT2D eigenvalue weighted by atomic mass is 19.1. The molecule has 1 amide bonds. The van der Waals surface area contributed by atoms with Gasteiger partial charge in [0.15, 0.2) is 0 Å². The number of halogens is 1. The number of nitrogens with zero attached hydrogens (tertiary/aromatic N) is 3. The molecule has 4 nitrogen and oxygen atoms in total. The predicted molar refractivity (Wildman–Crippen MR) is 147 cm³/mol. The lowest BCUT2D eigenvalue weighted by Gasteiger charge is -2.36. The van der Waals surface area contributed by atoms with Gasteiger partial charge in [-0.15, -0.1) is 0 Å². The summed E-state index contributed by atoms with van der Waals surface area (Å²) >= 11 is 0. The normalized spacial score (nSPS) is 15.8. The van der Waals surface area contributed by atoms with E-state index in [0.29, 0.717) is 13.1 Å². The second-order valence-electron chi connectivity index (χ2n) is 10.1. The zero-order chi connectivity index (χ0) is 25.2. The second kappa shape index (κ2) is 10.3. The summed E-state index contributed by atoms with van der Waals surface area (Å²) in [5.41, 5.74) is 8.14. The highest BCUT2D eigenvalue weighted by Gasteiger charge is 2.23. The average Bonchev–Trinajstić information content (AvgIpc) is 3.16. The number of benzene rings is 3. The third-order valence-electron chi connectivity index (χ3n) is 7.75. The molecule has 37 heavy (non-hydrogen) atoms. The zero-order valence-corrected chi connectivity index (χ0v) is 21.1. The summed E-state index contributed by atoms with van der Waals surface area (Å²) in [5.74, 6) is -0.159. The molecular weight excluding hydrogens is 461 g/mol. The van der Waals surface area contributed by atoms with Gasteiger partial charge >= 0.3 is 0 Å². The Bertz CT molecular complexity index is 1370. The molecule has 1 saturated heterocycles. The Kier molecular flexibility index (Phi) is 6.52. The van der Waals surface area contributed by atoms with Crippen LogP contribution in [-0.4, -0.2) is 41.6 Å². The van der Waals surface area contributed by atoms with E-state index in [0.717, 1.165) is 42.9 Å². The first kappa shape index (κ1) is 23.5. The Balaban J connectivity index is 1.22. The quantitative estimate of drug-likeness (QED) is 0.303. The van der Waals surface area contributed by atoms with Crippen molar-refractivity contribution in [1.29, 1.82) is 0 Å². The van der Waals surface area contributed by atoms with Gasteiger partial charge in [-0.2, -0.15) is 0 Å². The molecule has 4 aromatic rings. The lowest BCUT2D eigenvalue weighted by atomic mass is 10.1. The number of anilines is 1. The molecule has 3 aromatic carbocycles. The fourth-order valence-electron chi connectivity index (χ4n) is 5.75. The van der Waals surface area contributed by atoms with E-state index in [4.69, 9.17) is 0 Å². The molecule has 0 bridgehead atoms. The number of piperazine rings is 1. The van der Waals surface area contributed by atoms with Crippen LogP contribution in [0.25, 0.3) is 16.9 Å². The Morgan fingerprint density at radius 1 is 0.703 bits per heavy atom. The van der Waals surface area contributed by atoms with E-state index in [1.165, 1.54) is 53.9 Å². The monoisotopic (exact) mass is 493 g/mol. The van der Waals surface area contributed by atoms with Crippen LogP contribution in [0, 0.1) is 5.82 Å². The summed E-state index contributed by atoms with van der Waals surface area (Å²) < 4.78 is 15.7. The van der Waals surface area contributed by atoms with Crippen LogP contribution in [0.4, 0.5) is 10.1 Å². The van der Waals surface area contributed by atoms with E-state index < -0.39 is 0 Å². The lowest BCUT2D eigenvalue weighted by molar-refractivity contribution is 0.0747. The highest BCUT2D eigenvalue weighted by molar-refractivity contribution is 5.94. The van der Waals surface area contributed by atoms with Crippen molar-refractivity contribution in [3.05, 3.63) is 108 Å². The Labute approximate surface area is 218 Å². The molecule has 1 aliphatic heterocycles. The second-order valence-corrected chi connectivity index (χ2v) is 10.1. The molecule has 0 atom stereocenters. The molecule has 188 valence electrons. The van der Waals surface area contributed by atoms with Gasteiger partial charge in [0.1, 0.15) is 5.82 Å². The van der Waals surface area contributed by atoms with Crippen LogP contribution in [0.3, 0.4) is 0 Å². The maximum Gasteiger partial charge on any atom is 0.253 e. The number of amides is 1. The first-order valence-corrected chi connectivity index (χ1v) is 13.4. The summed E-state index contributed by atoms with van der Waals surface area (Å²) in [7, 11) is 0. The number of aryl methyl sites for hydroxylation is 1. The SMILES string of the molecule is O=C(c1ccc(-n2c(-c3ccccc3)cc3c2CCCCC3)cc1)N1CCN(c2ccc(F)cc2)CC1. The van der Waals surface area contributed by atoms with E-state index in [1.807, 2.05) is 17.0 Å². The Hall–Kier alpha value is -3.86. The minimum absolute atomic E-state index is 0.0694. The summed E-state index contributed by atoms with van der Waals surface area (Å²) in [4.78, 5) is 17.4. The third kappa shape index (κ3) is 4.78. The van der Waals surface area contributed by atoms with Crippen molar-refractivity contribution in [2.45, 2.75) is 32.1 Å². The van der Waals surface area contributed by atoms with E-state index in [1.54, 1.807) is 12.1 Å². The van der Waals surface area contributed by atoms with Crippen molar-refractivity contribution >= 4 is 11.6 Å². The van der Waals surface area contributed by atoms with Crippen LogP contribution >= 0.6 is 0 Å². The Morgan fingerprint density at radius 3 is 2.11 bits per heavy atom. The fourth-order valence-corrected chi connectivity index (χ4v) is 5.75. The molecule has 5 heteroatoms. The van der Waals surface area contributed by atoms with Gasteiger partial charge in [-0.25, -0.2) is 4.39 Å². The number of fused-ring (bicyclic) bond motifs is 1. The van der Waals surface area contributed by atoms with Crippen LogP contribution in [0.2, 0.25) is 0 Å². The lowest BCUT2D eigenvalue weighted by Crippen LogP contribution is -2.48. The van der Waals surface area contributed by atoms with Crippen LogP contribution < -0.4 is 4.90 Å². The number of carbonyl (C=O) groups excluding carboxylic acids is 1. The van der Waals surface area contributed by atoms with E-state index >= 15 is 0 Å². The van der Waals surface area contributed by atoms with Gasteiger partial charge in [-0.05, 0) is 91.4 Å². The van der Waals surface area contributed by atoms with Gasteiger partial charge < -0.3 is 14.4 Å². The summed E-state index contributed by atoms with van der Waals surface area (Å²) in [5, 5.41) is 0. The summed E-state index contributed by atoms with van der Waals surface area (Å²) in [6.07, 6.45) is 5.94. The van der Waals surface area contributed by atoms with Crippen molar-refractivity contribution in [3.63, 3.8) is 0 Å². The van der Waals surface area contributed by atoms with Crippen LogP contribution in [0.15, 0.2) is 84.9 Å². The zero-order valence-electron chi connectivity index (χ0n) is 21.1. The van der Waals surface area contributed by atoms with Crippen LogP contribution in [0.5, 0.6) is 0 Å². The van der Waals surface area contributed by atoms with E-state index in [2.05, 4.69) is 58.0 Å². The number of aromatic nitrogens is 1. The van der Waals surface area contributed by atoms with E-state index in [-0.39, 0.29) is 11.7 Å². The molecule has 2 aliphatic rings. The van der Waals surface area contributed by atoms with Gasteiger partial charge in [-0.1, -0.05) is 36.8 Å². The van der Waals surface area contributed by atoms with Gasteiger partial charge in [0.2, 0.25) is 0 Å². The van der Waals surface area contributed by atoms with Gasteiger partial charge in [-0.3, -0.25) is 4.79 Å². The summed E-state index contributed by atoms with van der Waals surface area (Å²) in [6.45, 7) is 2.79. The fraction of sp³-hybridized carbons (Fsp3) is 0.281. The number of hydrogen-bond donors (Lipinski definition) is 0. The molecule has 0 saturated carbocycles. The maximum atomic E-state index is 13.3.